The molecule has 448 valence electrons. The van der Waals surface area contributed by atoms with Gasteiger partial charge in [0.1, 0.15) is 0 Å². The number of hydrogen-bond donors (Lipinski definition) is 0. The first-order valence-corrected chi connectivity index (χ1v) is 36.1. The van der Waals surface area contributed by atoms with Crippen LogP contribution in [0.5, 0.6) is 0 Å². The van der Waals surface area contributed by atoms with E-state index in [-0.39, 0.29) is 23.1 Å². The van der Waals surface area contributed by atoms with E-state index >= 15 is 0 Å². The minimum atomic E-state index is 0. The number of hydrogen-bond acceptors (Lipinski definition) is 0. The van der Waals surface area contributed by atoms with Gasteiger partial charge in [0.25, 0.3) is 0 Å². The predicted octanol–water partition coefficient (Wildman–Crippen LogP) is 27.4. The Morgan fingerprint density at radius 2 is 0.200 bits per heavy atom. The van der Waals surface area contributed by atoms with Gasteiger partial charge in [-0.05, 0) is 0 Å². The van der Waals surface area contributed by atoms with Crippen molar-refractivity contribution in [3.05, 3.63) is 10.6 Å². The molecule has 0 saturated carbocycles. The molecular formula is C72H148MgN2. The number of nitrogens with zero attached hydrogens (tertiary/aromatic N) is 2. The zero-order valence-electron chi connectivity index (χ0n) is 53.7. The van der Waals surface area contributed by atoms with E-state index in [2.05, 4.69) is 27.7 Å². The molecule has 0 saturated heterocycles. The summed E-state index contributed by atoms with van der Waals surface area (Å²) in [7, 11) is 0. The summed E-state index contributed by atoms with van der Waals surface area (Å²) in [6.07, 6.45) is 92.7. The van der Waals surface area contributed by atoms with Gasteiger partial charge in [0, 0.05) is 0 Å². The zero-order chi connectivity index (χ0) is 53.5. The van der Waals surface area contributed by atoms with Gasteiger partial charge in [-0.2, -0.15) is 0 Å². The molecule has 75 heavy (non-hydrogen) atoms. The van der Waals surface area contributed by atoms with E-state index in [1.54, 1.807) is 0 Å². The fourth-order valence-corrected chi connectivity index (χ4v) is 11.3. The van der Waals surface area contributed by atoms with Crippen LogP contribution in [0.1, 0.15) is 439 Å². The molecule has 0 aromatic rings. The largest absolute Gasteiger partial charge is 2.00 e. The third kappa shape index (κ3) is 83.6. The Morgan fingerprint density at radius 3 is 0.293 bits per heavy atom. The molecule has 0 aromatic carbocycles. The van der Waals surface area contributed by atoms with Crippen molar-refractivity contribution < 1.29 is 0 Å². The molecule has 0 aromatic heterocycles. The quantitative estimate of drug-likeness (QED) is 0.0429. The first kappa shape index (κ1) is 79.9. The van der Waals surface area contributed by atoms with Crippen molar-refractivity contribution in [1.82, 2.24) is 0 Å². The standard InChI is InChI=1S/2C36H74N.Mg/c2*1-3-5-7-9-11-13-15-17-19-21-23-25-27-29-31-33-35-37-36-34-32-30-28-26-24-22-20-18-16-14-12-10-8-6-4-2;/h2*3-36H2,1-2H3;/q2*-1;+2. The molecule has 3 heteroatoms. The predicted molar refractivity (Wildman–Crippen MR) is 350 cm³/mol. The van der Waals surface area contributed by atoms with Gasteiger partial charge in [-0.1, -0.05) is 439 Å². The van der Waals surface area contributed by atoms with Crippen LogP contribution in [0, 0.1) is 0 Å². The molecule has 0 aliphatic carbocycles. The average molecular weight is 1070 g/mol. The summed E-state index contributed by atoms with van der Waals surface area (Å²) < 4.78 is 0. The van der Waals surface area contributed by atoms with Gasteiger partial charge in [0.2, 0.25) is 0 Å². The van der Waals surface area contributed by atoms with Gasteiger partial charge in [-0.25, -0.2) is 0 Å². The molecule has 2 nitrogen and oxygen atoms in total. The fraction of sp³-hybridized carbons (Fsp3) is 1.00. The van der Waals surface area contributed by atoms with Crippen LogP contribution in [0.15, 0.2) is 0 Å². The van der Waals surface area contributed by atoms with E-state index in [0.717, 1.165) is 26.2 Å². The molecule has 0 atom stereocenters. The molecule has 0 N–H and O–H groups in total. The third-order valence-corrected chi connectivity index (χ3v) is 16.7. The van der Waals surface area contributed by atoms with E-state index in [4.69, 9.17) is 10.6 Å². The molecule has 0 rings (SSSR count). The van der Waals surface area contributed by atoms with E-state index in [1.165, 1.54) is 411 Å². The molecule has 0 radical (unpaired) electrons. The zero-order valence-corrected chi connectivity index (χ0v) is 55.1. The van der Waals surface area contributed by atoms with Crippen LogP contribution in [0.2, 0.25) is 0 Å². The average Bonchev–Trinajstić information content (AvgIpc) is 3.41. The molecule has 0 unspecified atom stereocenters. The first-order chi connectivity index (χ1) is 36.8. The maximum atomic E-state index is 4.78. The second kappa shape index (κ2) is 81.2. The molecule has 0 spiro atoms. The Hall–Kier alpha value is 0.686. The van der Waals surface area contributed by atoms with Crippen LogP contribution in [0.3, 0.4) is 0 Å². The smallest absolute Gasteiger partial charge is 0.662 e. The molecule has 0 amide bonds. The topological polar surface area (TPSA) is 28.2 Å². The maximum absolute atomic E-state index is 4.78. The Kier molecular flexibility index (Phi) is 86.5. The van der Waals surface area contributed by atoms with E-state index < -0.39 is 0 Å². The second-order valence-corrected chi connectivity index (χ2v) is 24.6. The van der Waals surface area contributed by atoms with Crippen molar-refractivity contribution in [3.63, 3.8) is 0 Å². The van der Waals surface area contributed by atoms with Gasteiger partial charge in [0.05, 0.1) is 0 Å². The van der Waals surface area contributed by atoms with Crippen molar-refractivity contribution in [3.8, 4) is 0 Å². The van der Waals surface area contributed by atoms with Crippen molar-refractivity contribution in [2.24, 2.45) is 0 Å². The van der Waals surface area contributed by atoms with E-state index in [1.807, 2.05) is 0 Å². The van der Waals surface area contributed by atoms with Crippen LogP contribution >= 0.6 is 0 Å². The van der Waals surface area contributed by atoms with E-state index in [0.29, 0.717) is 0 Å². The molecule has 0 heterocycles. The molecular weight excluding hydrogens is 917 g/mol. The minimum absolute atomic E-state index is 0. The van der Waals surface area contributed by atoms with Gasteiger partial charge in [-0.3, -0.25) is 0 Å². The monoisotopic (exact) mass is 1070 g/mol. The fourth-order valence-electron chi connectivity index (χ4n) is 11.3. The normalized spacial score (nSPS) is 11.4. The Labute approximate surface area is 495 Å². The maximum Gasteiger partial charge on any atom is 2.00 e. The molecule has 0 bridgehead atoms. The first-order valence-electron chi connectivity index (χ1n) is 36.1. The van der Waals surface area contributed by atoms with Crippen LogP contribution in [-0.4, -0.2) is 49.2 Å². The Bertz CT molecular complexity index is 741. The van der Waals surface area contributed by atoms with Crippen molar-refractivity contribution >= 4 is 23.1 Å². The SMILES string of the molecule is CCCCCCCCCCCCCCCCCC[N-]CCCCCCCCCCCCCCCCCC.CCCCCCCCCCCCCCCCCC[N-]CCCCCCCCCCCCCCCCCC.[Mg+2]. The van der Waals surface area contributed by atoms with Crippen LogP contribution < -0.4 is 0 Å². The van der Waals surface area contributed by atoms with Crippen molar-refractivity contribution in [1.29, 1.82) is 0 Å². The summed E-state index contributed by atoms with van der Waals surface area (Å²) in [5, 5.41) is 9.56. The molecule has 0 aliphatic heterocycles. The minimum Gasteiger partial charge on any atom is -0.662 e. The van der Waals surface area contributed by atoms with Crippen LogP contribution in [-0.2, 0) is 0 Å². The van der Waals surface area contributed by atoms with Gasteiger partial charge in [0.15, 0.2) is 0 Å². The molecule has 0 aliphatic rings. The van der Waals surface area contributed by atoms with Crippen molar-refractivity contribution in [2.45, 2.75) is 439 Å². The third-order valence-electron chi connectivity index (χ3n) is 16.7. The number of unbranched alkanes of at least 4 members (excludes halogenated alkanes) is 60. The summed E-state index contributed by atoms with van der Waals surface area (Å²) in [5.41, 5.74) is 0. The Balaban J connectivity index is -0.00000136. The van der Waals surface area contributed by atoms with E-state index in [9.17, 15) is 0 Å². The molecule has 0 fully saturated rings. The van der Waals surface area contributed by atoms with Crippen molar-refractivity contribution in [2.75, 3.05) is 26.2 Å². The van der Waals surface area contributed by atoms with Gasteiger partial charge < -0.3 is 10.6 Å². The number of rotatable bonds is 68. The Morgan fingerprint density at radius 1 is 0.120 bits per heavy atom. The van der Waals surface area contributed by atoms with Crippen LogP contribution in [0.25, 0.3) is 10.6 Å². The van der Waals surface area contributed by atoms with Crippen LogP contribution in [0.4, 0.5) is 0 Å². The van der Waals surface area contributed by atoms with Gasteiger partial charge >= 0.3 is 23.1 Å². The summed E-state index contributed by atoms with van der Waals surface area (Å²) in [6, 6.07) is 0. The second-order valence-electron chi connectivity index (χ2n) is 24.6. The summed E-state index contributed by atoms with van der Waals surface area (Å²) >= 11 is 0. The summed E-state index contributed by atoms with van der Waals surface area (Å²) in [5.74, 6) is 0. The summed E-state index contributed by atoms with van der Waals surface area (Å²) in [4.78, 5) is 0. The van der Waals surface area contributed by atoms with Gasteiger partial charge in [-0.15, -0.1) is 26.2 Å². The summed E-state index contributed by atoms with van der Waals surface area (Å²) in [6.45, 7) is 13.7.